The van der Waals surface area contributed by atoms with Crippen LogP contribution in [0.15, 0.2) is 23.2 Å². The molecule has 1 fully saturated rings. The molecule has 0 atom stereocenters. The number of fused-ring (bicyclic) bond motifs is 1. The zero-order valence-electron chi connectivity index (χ0n) is 16.0. The van der Waals surface area contributed by atoms with E-state index in [2.05, 4.69) is 42.0 Å². The Morgan fingerprint density at radius 2 is 2.08 bits per heavy atom. The van der Waals surface area contributed by atoms with Gasteiger partial charge in [0, 0.05) is 37.5 Å². The molecule has 0 aromatic heterocycles. The van der Waals surface area contributed by atoms with Gasteiger partial charge in [-0.3, -0.25) is 4.99 Å². The lowest BCUT2D eigenvalue weighted by Gasteiger charge is -2.34. The summed E-state index contributed by atoms with van der Waals surface area (Å²) in [6.45, 7) is 7.21. The van der Waals surface area contributed by atoms with Crippen molar-refractivity contribution in [3.8, 4) is 5.75 Å². The van der Waals surface area contributed by atoms with Gasteiger partial charge in [-0.2, -0.15) is 11.8 Å². The second-order valence-corrected chi connectivity index (χ2v) is 8.19. The number of aliphatic imine (C=N–C) groups is 1. The van der Waals surface area contributed by atoms with Crippen molar-refractivity contribution in [1.82, 2.24) is 10.6 Å². The highest BCUT2D eigenvalue weighted by Crippen LogP contribution is 2.34. The summed E-state index contributed by atoms with van der Waals surface area (Å²) in [5.41, 5.74) is 2.69. The fourth-order valence-electron chi connectivity index (χ4n) is 3.46. The molecule has 2 N–H and O–H groups in total. The van der Waals surface area contributed by atoms with Gasteiger partial charge < -0.3 is 20.1 Å². The van der Waals surface area contributed by atoms with Crippen LogP contribution in [0.1, 0.15) is 30.9 Å². The minimum absolute atomic E-state index is 0.223. The monoisotopic (exact) mass is 377 g/mol. The van der Waals surface area contributed by atoms with E-state index in [9.17, 15) is 0 Å². The Morgan fingerprint density at radius 3 is 2.85 bits per heavy atom. The fraction of sp³-hybridized carbons (Fsp3) is 0.650. The number of nitrogens with zero attached hydrogens (tertiary/aromatic N) is 1. The molecule has 0 radical (unpaired) electrons. The summed E-state index contributed by atoms with van der Waals surface area (Å²) in [5.74, 6) is 1.97. The number of hydrogen-bond donors (Lipinski definition) is 2. The molecular formula is C20H31N3O2S. The molecule has 0 saturated carbocycles. The van der Waals surface area contributed by atoms with Crippen LogP contribution in [0.2, 0.25) is 0 Å². The Labute approximate surface area is 161 Å². The average Bonchev–Trinajstić information content (AvgIpc) is 3.15. The van der Waals surface area contributed by atoms with Crippen molar-refractivity contribution in [1.29, 1.82) is 0 Å². The number of ether oxygens (including phenoxy) is 2. The number of rotatable bonds is 7. The maximum Gasteiger partial charge on any atom is 0.191 e. The highest BCUT2D eigenvalue weighted by atomic mass is 32.2. The highest BCUT2D eigenvalue weighted by Gasteiger charge is 2.31. The van der Waals surface area contributed by atoms with Gasteiger partial charge in [-0.25, -0.2) is 0 Å². The van der Waals surface area contributed by atoms with E-state index in [1.54, 1.807) is 0 Å². The second kappa shape index (κ2) is 9.51. The Kier molecular flexibility index (Phi) is 7.08. The van der Waals surface area contributed by atoms with Crippen LogP contribution in [0.4, 0.5) is 0 Å². The average molecular weight is 378 g/mol. The first kappa shape index (κ1) is 19.4. The van der Waals surface area contributed by atoms with E-state index in [-0.39, 0.29) is 4.75 Å². The zero-order valence-corrected chi connectivity index (χ0v) is 16.8. The normalized spacial score (nSPS) is 18.9. The van der Waals surface area contributed by atoms with Gasteiger partial charge in [0.15, 0.2) is 5.96 Å². The minimum Gasteiger partial charge on any atom is -0.493 e. The van der Waals surface area contributed by atoms with Crippen molar-refractivity contribution < 1.29 is 9.47 Å². The molecule has 144 valence electrons. The van der Waals surface area contributed by atoms with Gasteiger partial charge in [0.1, 0.15) is 5.75 Å². The van der Waals surface area contributed by atoms with Gasteiger partial charge in [0.25, 0.3) is 0 Å². The second-order valence-electron chi connectivity index (χ2n) is 6.91. The van der Waals surface area contributed by atoms with Crippen LogP contribution in [0.3, 0.4) is 0 Å². The molecule has 3 rings (SSSR count). The summed E-state index contributed by atoms with van der Waals surface area (Å²) in [6.07, 6.45) is 6.36. The van der Waals surface area contributed by atoms with Crippen molar-refractivity contribution in [2.24, 2.45) is 4.99 Å². The van der Waals surface area contributed by atoms with E-state index in [0.717, 1.165) is 76.8 Å². The molecule has 2 aliphatic heterocycles. The van der Waals surface area contributed by atoms with Crippen molar-refractivity contribution in [3.63, 3.8) is 0 Å². The molecule has 2 aliphatic rings. The Bertz CT molecular complexity index is 615. The largest absolute Gasteiger partial charge is 0.493 e. The molecule has 1 saturated heterocycles. The smallest absolute Gasteiger partial charge is 0.191 e. The van der Waals surface area contributed by atoms with E-state index in [4.69, 9.17) is 14.5 Å². The first-order valence-corrected chi connectivity index (χ1v) is 10.9. The predicted molar refractivity (Wildman–Crippen MR) is 110 cm³/mol. The third-order valence-corrected chi connectivity index (χ3v) is 6.57. The lowest BCUT2D eigenvalue weighted by molar-refractivity contribution is 0.0794. The molecule has 2 heterocycles. The van der Waals surface area contributed by atoms with Gasteiger partial charge in [-0.1, -0.05) is 12.1 Å². The number of thioether (sulfide) groups is 1. The SMILES string of the molecule is CCNC(=NCC1(SC)CCOCC1)NCCc1ccc2c(c1)CCO2. The van der Waals surface area contributed by atoms with Gasteiger partial charge >= 0.3 is 0 Å². The van der Waals surface area contributed by atoms with E-state index >= 15 is 0 Å². The lowest BCUT2D eigenvalue weighted by Crippen LogP contribution is -2.41. The molecule has 0 bridgehead atoms. The van der Waals surface area contributed by atoms with Gasteiger partial charge in [0.05, 0.1) is 13.2 Å². The molecule has 0 aliphatic carbocycles. The van der Waals surface area contributed by atoms with Crippen LogP contribution in [0.25, 0.3) is 0 Å². The molecule has 5 nitrogen and oxygen atoms in total. The topological polar surface area (TPSA) is 54.9 Å². The molecular weight excluding hydrogens is 346 g/mol. The van der Waals surface area contributed by atoms with Crippen molar-refractivity contribution >= 4 is 17.7 Å². The Hall–Kier alpha value is -1.40. The molecule has 0 spiro atoms. The van der Waals surface area contributed by atoms with E-state index in [0.29, 0.717) is 0 Å². The van der Waals surface area contributed by atoms with Gasteiger partial charge in [0.2, 0.25) is 0 Å². The lowest BCUT2D eigenvalue weighted by atomic mass is 9.99. The van der Waals surface area contributed by atoms with Crippen LogP contribution in [0.5, 0.6) is 5.75 Å². The van der Waals surface area contributed by atoms with Crippen molar-refractivity contribution in [2.45, 2.75) is 37.4 Å². The van der Waals surface area contributed by atoms with E-state index in [1.807, 2.05) is 11.8 Å². The zero-order chi connectivity index (χ0) is 18.2. The van der Waals surface area contributed by atoms with Gasteiger partial charge in [-0.05, 0) is 49.6 Å². The number of guanidine groups is 1. The molecule has 0 unspecified atom stereocenters. The predicted octanol–water partition coefficient (Wildman–Crippen LogP) is 2.63. The maximum atomic E-state index is 5.58. The van der Waals surface area contributed by atoms with Crippen LogP contribution in [-0.2, 0) is 17.6 Å². The fourth-order valence-corrected chi connectivity index (χ4v) is 4.22. The maximum absolute atomic E-state index is 5.58. The molecule has 6 heteroatoms. The van der Waals surface area contributed by atoms with Crippen LogP contribution >= 0.6 is 11.8 Å². The van der Waals surface area contributed by atoms with Crippen molar-refractivity contribution in [3.05, 3.63) is 29.3 Å². The summed E-state index contributed by atoms with van der Waals surface area (Å²) in [5, 5.41) is 6.85. The van der Waals surface area contributed by atoms with Crippen molar-refractivity contribution in [2.75, 3.05) is 45.7 Å². The number of nitrogens with one attached hydrogen (secondary N) is 2. The van der Waals surface area contributed by atoms with Gasteiger partial charge in [-0.15, -0.1) is 0 Å². The van der Waals surface area contributed by atoms with E-state index in [1.165, 1.54) is 11.1 Å². The molecule has 1 aromatic rings. The molecule has 0 amide bonds. The first-order chi connectivity index (χ1) is 12.7. The van der Waals surface area contributed by atoms with Crippen LogP contribution in [-0.4, -0.2) is 56.4 Å². The van der Waals surface area contributed by atoms with E-state index < -0.39 is 0 Å². The standard InChI is InChI=1S/C20H31N3O2S/c1-3-21-19(23-15-20(26-2)8-12-24-13-9-20)22-10-6-16-4-5-18-17(14-16)7-11-25-18/h4-5,14H,3,6-13,15H2,1-2H3,(H2,21,22,23). The summed E-state index contributed by atoms with van der Waals surface area (Å²) in [7, 11) is 0. The third-order valence-electron chi connectivity index (χ3n) is 5.17. The van der Waals surface area contributed by atoms with Crippen LogP contribution in [0, 0.1) is 0 Å². The molecule has 26 heavy (non-hydrogen) atoms. The summed E-state index contributed by atoms with van der Waals surface area (Å²) >= 11 is 1.93. The number of benzene rings is 1. The quantitative estimate of drug-likeness (QED) is 0.565. The summed E-state index contributed by atoms with van der Waals surface area (Å²) in [4.78, 5) is 4.87. The minimum atomic E-state index is 0.223. The molecule has 1 aromatic carbocycles. The summed E-state index contributed by atoms with van der Waals surface area (Å²) in [6, 6.07) is 6.55. The van der Waals surface area contributed by atoms with Crippen LogP contribution < -0.4 is 15.4 Å². The number of hydrogen-bond acceptors (Lipinski definition) is 4. The Morgan fingerprint density at radius 1 is 1.23 bits per heavy atom. The first-order valence-electron chi connectivity index (χ1n) is 9.64. The highest BCUT2D eigenvalue weighted by molar-refractivity contribution is 8.00. The third kappa shape index (κ3) is 5.07. The Balaban J connectivity index is 1.52. The summed E-state index contributed by atoms with van der Waals surface area (Å²) < 4.78 is 11.3.